The lowest BCUT2D eigenvalue weighted by Crippen LogP contribution is -2.39. The minimum atomic E-state index is -0.174. The van der Waals surface area contributed by atoms with Crippen LogP contribution in [0.3, 0.4) is 0 Å². The third kappa shape index (κ3) is 7.34. The van der Waals surface area contributed by atoms with E-state index < -0.39 is 0 Å². The van der Waals surface area contributed by atoms with Crippen molar-refractivity contribution in [2.24, 2.45) is 0 Å². The standard InChI is InChI=1S/C15H23FN2O2S/c1-18(9-5-10-20-2)15(19)17-8-11-21-12-13-6-3-4-7-14(13)16/h3-4,6-7H,5,8-12H2,1-2H3,(H,17,19). The van der Waals surface area contributed by atoms with Gasteiger partial charge in [-0.15, -0.1) is 0 Å². The van der Waals surface area contributed by atoms with Gasteiger partial charge < -0.3 is 15.0 Å². The molecule has 0 fully saturated rings. The molecule has 0 unspecified atom stereocenters. The normalized spacial score (nSPS) is 10.4. The molecule has 0 aliphatic carbocycles. The molecule has 1 aromatic rings. The molecular formula is C15H23FN2O2S. The summed E-state index contributed by atoms with van der Waals surface area (Å²) in [5.74, 6) is 1.20. The van der Waals surface area contributed by atoms with Crippen LogP contribution in [0, 0.1) is 5.82 Å². The first kappa shape index (κ1) is 17.8. The zero-order chi connectivity index (χ0) is 15.5. The van der Waals surface area contributed by atoms with Gasteiger partial charge in [-0.05, 0) is 18.1 Å². The van der Waals surface area contributed by atoms with E-state index in [4.69, 9.17) is 4.74 Å². The second kappa shape index (κ2) is 10.5. The van der Waals surface area contributed by atoms with Crippen molar-refractivity contribution in [3.8, 4) is 0 Å². The highest BCUT2D eigenvalue weighted by atomic mass is 32.2. The third-order valence-corrected chi connectivity index (χ3v) is 3.93. The molecule has 0 saturated carbocycles. The van der Waals surface area contributed by atoms with E-state index in [1.165, 1.54) is 6.07 Å². The van der Waals surface area contributed by atoms with E-state index in [9.17, 15) is 9.18 Å². The Labute approximate surface area is 130 Å². The highest BCUT2D eigenvalue weighted by Crippen LogP contribution is 2.14. The molecule has 0 saturated heterocycles. The van der Waals surface area contributed by atoms with Crippen molar-refractivity contribution in [2.45, 2.75) is 12.2 Å². The number of hydrogen-bond donors (Lipinski definition) is 1. The number of ether oxygens (including phenoxy) is 1. The summed E-state index contributed by atoms with van der Waals surface area (Å²) in [6, 6.07) is 6.67. The van der Waals surface area contributed by atoms with Crippen LogP contribution in [0.2, 0.25) is 0 Å². The highest BCUT2D eigenvalue weighted by Gasteiger charge is 2.07. The predicted octanol–water partition coefficient (Wildman–Crippen LogP) is 2.74. The average Bonchev–Trinajstić information content (AvgIpc) is 2.48. The first-order valence-corrected chi connectivity index (χ1v) is 8.09. The van der Waals surface area contributed by atoms with Gasteiger partial charge >= 0.3 is 6.03 Å². The third-order valence-electron chi connectivity index (χ3n) is 2.93. The Balaban J connectivity index is 2.11. The maximum Gasteiger partial charge on any atom is 0.317 e. The highest BCUT2D eigenvalue weighted by molar-refractivity contribution is 7.98. The molecule has 0 aromatic heterocycles. The van der Waals surface area contributed by atoms with Crippen LogP contribution in [-0.2, 0) is 10.5 Å². The maximum atomic E-state index is 13.4. The molecular weight excluding hydrogens is 291 g/mol. The smallest absolute Gasteiger partial charge is 0.317 e. The van der Waals surface area contributed by atoms with Gasteiger partial charge in [-0.2, -0.15) is 11.8 Å². The van der Waals surface area contributed by atoms with Gasteiger partial charge in [-0.3, -0.25) is 0 Å². The zero-order valence-corrected chi connectivity index (χ0v) is 13.4. The zero-order valence-electron chi connectivity index (χ0n) is 12.6. The Hall–Kier alpha value is -1.27. The predicted molar refractivity (Wildman–Crippen MR) is 85.1 cm³/mol. The van der Waals surface area contributed by atoms with Crippen LogP contribution in [0.15, 0.2) is 24.3 Å². The largest absolute Gasteiger partial charge is 0.385 e. The van der Waals surface area contributed by atoms with Crippen molar-refractivity contribution in [1.29, 1.82) is 0 Å². The number of urea groups is 1. The number of thioether (sulfide) groups is 1. The van der Waals surface area contributed by atoms with Crippen LogP contribution in [-0.4, -0.2) is 50.5 Å². The Morgan fingerprint density at radius 1 is 1.43 bits per heavy atom. The summed E-state index contributed by atoms with van der Waals surface area (Å²) in [6.07, 6.45) is 0.822. The Morgan fingerprint density at radius 3 is 2.90 bits per heavy atom. The van der Waals surface area contributed by atoms with Gasteiger partial charge in [-0.1, -0.05) is 18.2 Å². The molecule has 21 heavy (non-hydrogen) atoms. The summed E-state index contributed by atoms with van der Waals surface area (Å²) in [7, 11) is 3.41. The Bertz CT molecular complexity index is 432. The summed E-state index contributed by atoms with van der Waals surface area (Å²) in [4.78, 5) is 13.4. The first-order valence-electron chi connectivity index (χ1n) is 6.94. The van der Waals surface area contributed by atoms with E-state index >= 15 is 0 Å². The number of carbonyl (C=O) groups excluding carboxylic acids is 1. The van der Waals surface area contributed by atoms with Crippen LogP contribution in [0.4, 0.5) is 9.18 Å². The molecule has 0 heterocycles. The summed E-state index contributed by atoms with van der Waals surface area (Å²) in [5, 5.41) is 2.84. The molecule has 2 amide bonds. The molecule has 0 atom stereocenters. The SMILES string of the molecule is COCCCN(C)C(=O)NCCSCc1ccccc1F. The minimum absolute atomic E-state index is 0.0856. The van der Waals surface area contributed by atoms with Gasteiger partial charge in [0.2, 0.25) is 0 Å². The van der Waals surface area contributed by atoms with Gasteiger partial charge in [0.15, 0.2) is 0 Å². The van der Waals surface area contributed by atoms with Gasteiger partial charge in [0.1, 0.15) is 5.82 Å². The molecule has 0 bridgehead atoms. The van der Waals surface area contributed by atoms with Gasteiger partial charge in [-0.25, -0.2) is 9.18 Å². The fourth-order valence-electron chi connectivity index (χ4n) is 1.71. The van der Waals surface area contributed by atoms with E-state index in [-0.39, 0.29) is 11.8 Å². The van der Waals surface area contributed by atoms with E-state index in [1.54, 1.807) is 43.0 Å². The molecule has 1 rings (SSSR count). The van der Waals surface area contributed by atoms with Crippen LogP contribution in [0.5, 0.6) is 0 Å². The summed E-state index contributed by atoms with van der Waals surface area (Å²) in [6.45, 7) is 1.89. The van der Waals surface area contributed by atoms with Crippen LogP contribution < -0.4 is 5.32 Å². The molecule has 4 nitrogen and oxygen atoms in total. The quantitative estimate of drug-likeness (QED) is 0.713. The van der Waals surface area contributed by atoms with Crippen molar-refractivity contribution in [3.05, 3.63) is 35.6 Å². The molecule has 6 heteroatoms. The molecule has 0 aliphatic heterocycles. The number of methoxy groups -OCH3 is 1. The summed E-state index contributed by atoms with van der Waals surface area (Å²) >= 11 is 1.60. The fourth-order valence-corrected chi connectivity index (χ4v) is 2.56. The van der Waals surface area contributed by atoms with Crippen molar-refractivity contribution in [2.75, 3.05) is 39.6 Å². The maximum absolute atomic E-state index is 13.4. The number of nitrogens with zero attached hydrogens (tertiary/aromatic N) is 1. The lowest BCUT2D eigenvalue weighted by atomic mass is 10.2. The first-order chi connectivity index (χ1) is 10.1. The average molecular weight is 314 g/mol. The summed E-state index contributed by atoms with van der Waals surface area (Å²) in [5.41, 5.74) is 0.700. The number of nitrogens with one attached hydrogen (secondary N) is 1. The lowest BCUT2D eigenvalue weighted by molar-refractivity contribution is 0.176. The van der Waals surface area contributed by atoms with E-state index in [0.29, 0.717) is 31.0 Å². The Kier molecular flexibility index (Phi) is 8.85. The van der Waals surface area contributed by atoms with Crippen molar-refractivity contribution in [3.63, 3.8) is 0 Å². The number of hydrogen-bond acceptors (Lipinski definition) is 3. The molecule has 0 radical (unpaired) electrons. The minimum Gasteiger partial charge on any atom is -0.385 e. The fraction of sp³-hybridized carbons (Fsp3) is 0.533. The number of halogens is 1. The molecule has 1 aromatic carbocycles. The van der Waals surface area contributed by atoms with Gasteiger partial charge in [0, 0.05) is 45.4 Å². The van der Waals surface area contributed by atoms with Gasteiger partial charge in [0.25, 0.3) is 0 Å². The molecule has 1 N–H and O–H groups in total. The second-order valence-electron chi connectivity index (χ2n) is 4.64. The van der Waals surface area contributed by atoms with Crippen LogP contribution in [0.1, 0.15) is 12.0 Å². The monoisotopic (exact) mass is 314 g/mol. The second-order valence-corrected chi connectivity index (χ2v) is 5.75. The Morgan fingerprint density at radius 2 is 2.19 bits per heavy atom. The number of benzene rings is 1. The lowest BCUT2D eigenvalue weighted by Gasteiger charge is -2.17. The topological polar surface area (TPSA) is 41.6 Å². The van der Waals surface area contributed by atoms with E-state index in [2.05, 4.69) is 5.32 Å². The molecule has 0 spiro atoms. The van der Waals surface area contributed by atoms with E-state index in [1.807, 2.05) is 6.07 Å². The number of rotatable bonds is 9. The van der Waals surface area contributed by atoms with Crippen LogP contribution in [0.25, 0.3) is 0 Å². The van der Waals surface area contributed by atoms with Gasteiger partial charge in [0.05, 0.1) is 0 Å². The molecule has 118 valence electrons. The number of amides is 2. The van der Waals surface area contributed by atoms with E-state index in [0.717, 1.165) is 12.2 Å². The van der Waals surface area contributed by atoms with Crippen molar-refractivity contribution >= 4 is 17.8 Å². The van der Waals surface area contributed by atoms with Crippen LogP contribution >= 0.6 is 11.8 Å². The molecule has 0 aliphatic rings. The van der Waals surface area contributed by atoms with Crippen molar-refractivity contribution < 1.29 is 13.9 Å². The number of carbonyl (C=O) groups is 1. The van der Waals surface area contributed by atoms with Crippen molar-refractivity contribution in [1.82, 2.24) is 10.2 Å². The summed E-state index contributed by atoms with van der Waals surface area (Å²) < 4.78 is 18.3.